The van der Waals surface area contributed by atoms with E-state index in [1.165, 1.54) is 7.11 Å². The highest BCUT2D eigenvalue weighted by Gasteiger charge is 2.12. The third-order valence-corrected chi connectivity index (χ3v) is 2.94. The summed E-state index contributed by atoms with van der Waals surface area (Å²) in [5.74, 6) is -0.520. The van der Waals surface area contributed by atoms with Gasteiger partial charge in [0.2, 0.25) is 0 Å². The van der Waals surface area contributed by atoms with E-state index in [0.717, 1.165) is 0 Å². The van der Waals surface area contributed by atoms with E-state index in [1.807, 2.05) is 0 Å². The van der Waals surface area contributed by atoms with Gasteiger partial charge < -0.3 is 15.2 Å². The Morgan fingerprint density at radius 2 is 2.10 bits per heavy atom. The van der Waals surface area contributed by atoms with Crippen molar-refractivity contribution in [3.63, 3.8) is 0 Å². The first-order valence-corrected chi connectivity index (χ1v) is 6.25. The van der Waals surface area contributed by atoms with Crippen molar-refractivity contribution in [2.45, 2.75) is 6.42 Å². The number of ether oxygens (including phenoxy) is 1. The molecule has 0 aliphatic rings. The van der Waals surface area contributed by atoms with Gasteiger partial charge in [-0.1, -0.05) is 11.6 Å². The van der Waals surface area contributed by atoms with Crippen LogP contribution in [-0.2, 0) is 4.79 Å². The highest BCUT2D eigenvalue weighted by Crippen LogP contribution is 2.33. The van der Waals surface area contributed by atoms with Crippen molar-refractivity contribution in [1.82, 2.24) is 0 Å². The summed E-state index contributed by atoms with van der Waals surface area (Å²) in [6.07, 6.45) is -0.0161. The van der Waals surface area contributed by atoms with Crippen molar-refractivity contribution >= 4 is 28.3 Å². The maximum Gasteiger partial charge on any atom is 0.305 e. The predicted molar refractivity (Wildman–Crippen MR) is 77.7 cm³/mol. The maximum atomic E-state index is 10.4. The van der Waals surface area contributed by atoms with E-state index in [0.29, 0.717) is 17.0 Å². The molecule has 0 saturated carbocycles. The molecule has 0 aliphatic heterocycles. The van der Waals surface area contributed by atoms with Gasteiger partial charge in [-0.15, -0.1) is 0 Å². The van der Waals surface area contributed by atoms with E-state index >= 15 is 0 Å². The molecule has 0 bridgehead atoms. The summed E-state index contributed by atoms with van der Waals surface area (Å²) < 4.78 is 5.18. The van der Waals surface area contributed by atoms with Crippen LogP contribution in [0.2, 0.25) is 0 Å². The van der Waals surface area contributed by atoms with Crippen LogP contribution in [0.3, 0.4) is 0 Å². The fourth-order valence-electron chi connectivity index (χ4n) is 1.55. The number of carboxylic acid groups (broad SMARTS) is 1. The number of rotatable bonds is 6. The number of anilines is 1. The van der Waals surface area contributed by atoms with Gasteiger partial charge in [-0.3, -0.25) is 4.79 Å². The first kappa shape index (κ1) is 16.4. The van der Waals surface area contributed by atoms with Gasteiger partial charge in [0.05, 0.1) is 18.6 Å². The van der Waals surface area contributed by atoms with Crippen molar-refractivity contribution < 1.29 is 14.6 Å². The minimum atomic E-state index is -0.898. The van der Waals surface area contributed by atoms with Gasteiger partial charge in [0.25, 0.3) is 0 Å². The van der Waals surface area contributed by atoms with Gasteiger partial charge in [-0.2, -0.15) is 10.5 Å². The lowest BCUT2D eigenvalue weighted by Crippen LogP contribution is -2.07. The second kappa shape index (κ2) is 7.78. The Bertz CT molecular complexity index is 640. The lowest BCUT2D eigenvalue weighted by molar-refractivity contribution is -0.136. The summed E-state index contributed by atoms with van der Waals surface area (Å²) in [5.41, 5.74) is 0.861. The largest absolute Gasteiger partial charge is 0.496 e. The van der Waals surface area contributed by atoms with Crippen LogP contribution in [0.4, 0.5) is 5.69 Å². The summed E-state index contributed by atoms with van der Waals surface area (Å²) in [6.45, 7) is 0.267. The number of carbonyl (C=O) groups is 1. The third kappa shape index (κ3) is 4.41. The number of carboxylic acids is 1. The molecular formula is C14H12ClN3O3. The minimum Gasteiger partial charge on any atom is -0.496 e. The topological polar surface area (TPSA) is 106 Å². The molecule has 0 spiro atoms. The van der Waals surface area contributed by atoms with Gasteiger partial charge >= 0.3 is 5.97 Å². The Morgan fingerprint density at radius 1 is 1.43 bits per heavy atom. The standard InChI is InChI=1S/C14H12ClN3O3/c1-21-12-6-10(18-5-4-13(19)20)2-3-11(12)14(15)9(7-16)8-17/h2-3,6,18H,4-5H2,1H3,(H,19,20). The molecule has 0 amide bonds. The lowest BCUT2D eigenvalue weighted by atomic mass is 10.1. The van der Waals surface area contributed by atoms with E-state index in [9.17, 15) is 4.79 Å². The molecule has 7 heteroatoms. The number of benzene rings is 1. The molecule has 0 saturated heterocycles. The zero-order chi connectivity index (χ0) is 15.8. The Morgan fingerprint density at radius 3 is 2.62 bits per heavy atom. The molecule has 0 aliphatic carbocycles. The fraction of sp³-hybridized carbons (Fsp3) is 0.214. The molecule has 0 unspecified atom stereocenters. The van der Waals surface area contributed by atoms with Crippen LogP contribution in [0, 0.1) is 22.7 Å². The summed E-state index contributed by atoms with van der Waals surface area (Å²) in [7, 11) is 1.43. The number of methoxy groups -OCH3 is 1. The summed E-state index contributed by atoms with van der Waals surface area (Å²) in [6, 6.07) is 8.30. The zero-order valence-corrected chi connectivity index (χ0v) is 11.9. The first-order chi connectivity index (χ1) is 10.0. The number of nitriles is 2. The summed E-state index contributed by atoms with van der Waals surface area (Å²) in [4.78, 5) is 10.4. The zero-order valence-electron chi connectivity index (χ0n) is 11.2. The molecular weight excluding hydrogens is 294 g/mol. The lowest BCUT2D eigenvalue weighted by Gasteiger charge is -2.11. The highest BCUT2D eigenvalue weighted by molar-refractivity contribution is 6.50. The molecule has 0 fully saturated rings. The van der Waals surface area contributed by atoms with Crippen LogP contribution >= 0.6 is 11.6 Å². The molecule has 0 heterocycles. The normalized spacial score (nSPS) is 9.14. The van der Waals surface area contributed by atoms with Crippen LogP contribution in [0.5, 0.6) is 5.75 Å². The van der Waals surface area contributed by atoms with Crippen molar-refractivity contribution in [2.24, 2.45) is 0 Å². The van der Waals surface area contributed by atoms with E-state index < -0.39 is 5.97 Å². The SMILES string of the molecule is COc1cc(NCCC(=O)O)ccc1C(Cl)=C(C#N)C#N. The fourth-order valence-corrected chi connectivity index (χ4v) is 1.79. The van der Waals surface area contributed by atoms with Crippen molar-refractivity contribution in [2.75, 3.05) is 19.0 Å². The number of allylic oxidation sites excluding steroid dienone is 1. The van der Waals surface area contributed by atoms with Gasteiger partial charge in [0.15, 0.2) is 0 Å². The van der Waals surface area contributed by atoms with E-state index in [4.69, 9.17) is 32.0 Å². The molecule has 0 atom stereocenters. The van der Waals surface area contributed by atoms with Crippen molar-refractivity contribution in [3.8, 4) is 17.9 Å². The van der Waals surface area contributed by atoms with Gasteiger partial charge in [-0.25, -0.2) is 0 Å². The maximum absolute atomic E-state index is 10.4. The second-order valence-electron chi connectivity index (χ2n) is 3.90. The molecule has 21 heavy (non-hydrogen) atoms. The molecule has 108 valence electrons. The number of halogens is 1. The number of nitrogens with zero attached hydrogens (tertiary/aromatic N) is 2. The van der Waals surface area contributed by atoms with Crippen LogP contribution in [0.1, 0.15) is 12.0 Å². The number of aliphatic carboxylic acids is 1. The van der Waals surface area contributed by atoms with Crippen LogP contribution in [0.15, 0.2) is 23.8 Å². The van der Waals surface area contributed by atoms with E-state index in [1.54, 1.807) is 30.3 Å². The average Bonchev–Trinajstić information content (AvgIpc) is 2.47. The van der Waals surface area contributed by atoms with Crippen LogP contribution in [0.25, 0.3) is 5.03 Å². The van der Waals surface area contributed by atoms with Gasteiger partial charge in [-0.05, 0) is 12.1 Å². The Hall–Kier alpha value is -2.70. The summed E-state index contributed by atoms with van der Waals surface area (Å²) in [5, 5.41) is 29.1. The van der Waals surface area contributed by atoms with Gasteiger partial charge in [0.1, 0.15) is 23.5 Å². The number of hydrogen-bond donors (Lipinski definition) is 2. The smallest absolute Gasteiger partial charge is 0.305 e. The Kier molecular flexibility index (Phi) is 6.06. The molecule has 0 aromatic heterocycles. The minimum absolute atomic E-state index is 0.00827. The van der Waals surface area contributed by atoms with Gasteiger partial charge in [0, 0.05) is 23.9 Å². The molecule has 1 aromatic carbocycles. The molecule has 6 nitrogen and oxygen atoms in total. The number of nitrogens with one attached hydrogen (secondary N) is 1. The Labute approximate surface area is 126 Å². The molecule has 2 N–H and O–H groups in total. The summed E-state index contributed by atoms with van der Waals surface area (Å²) >= 11 is 6.01. The molecule has 1 aromatic rings. The van der Waals surface area contributed by atoms with E-state index in [-0.39, 0.29) is 23.6 Å². The van der Waals surface area contributed by atoms with Crippen LogP contribution in [-0.4, -0.2) is 24.7 Å². The molecule has 1 rings (SSSR count). The second-order valence-corrected chi connectivity index (χ2v) is 4.28. The first-order valence-electron chi connectivity index (χ1n) is 5.87. The van der Waals surface area contributed by atoms with Crippen LogP contribution < -0.4 is 10.1 Å². The molecule has 0 radical (unpaired) electrons. The predicted octanol–water partition coefficient (Wildman–Crippen LogP) is 2.58. The monoisotopic (exact) mass is 305 g/mol. The Balaban J connectivity index is 3.06. The van der Waals surface area contributed by atoms with Crippen molar-refractivity contribution in [3.05, 3.63) is 29.3 Å². The van der Waals surface area contributed by atoms with E-state index in [2.05, 4.69) is 5.32 Å². The third-order valence-electron chi connectivity index (χ3n) is 2.55. The quantitative estimate of drug-likeness (QED) is 0.782. The highest BCUT2D eigenvalue weighted by atomic mass is 35.5. The van der Waals surface area contributed by atoms with Crippen molar-refractivity contribution in [1.29, 1.82) is 10.5 Å². The number of hydrogen-bond acceptors (Lipinski definition) is 5. The average molecular weight is 306 g/mol.